The molecule has 0 saturated carbocycles. The van der Waals surface area contributed by atoms with Gasteiger partial charge in [0.15, 0.2) is 0 Å². The maximum Gasteiger partial charge on any atom is 0.243 e. The van der Waals surface area contributed by atoms with Crippen LogP contribution in [0.15, 0.2) is 42.5 Å². The van der Waals surface area contributed by atoms with Crippen LogP contribution in [0.3, 0.4) is 0 Å². The maximum atomic E-state index is 12.1. The van der Waals surface area contributed by atoms with Gasteiger partial charge in [0.05, 0.1) is 19.8 Å². The van der Waals surface area contributed by atoms with E-state index in [2.05, 4.69) is 16.0 Å². The zero-order valence-electron chi connectivity index (χ0n) is 13.4. The van der Waals surface area contributed by atoms with Crippen LogP contribution in [-0.2, 0) is 14.3 Å². The monoisotopic (exact) mass is 327 g/mol. The van der Waals surface area contributed by atoms with Gasteiger partial charge in [-0.2, -0.15) is 0 Å². The number of benzene rings is 2. The van der Waals surface area contributed by atoms with Crippen molar-refractivity contribution in [1.82, 2.24) is 10.6 Å². The van der Waals surface area contributed by atoms with Crippen molar-refractivity contribution in [3.05, 3.63) is 42.5 Å². The molecule has 0 aromatic heterocycles. The van der Waals surface area contributed by atoms with Crippen molar-refractivity contribution < 1.29 is 14.3 Å². The summed E-state index contributed by atoms with van der Waals surface area (Å²) in [5.41, 5.74) is 0.745. The topological polar surface area (TPSA) is 79.5 Å². The minimum absolute atomic E-state index is 0.0138. The molecule has 1 unspecified atom stereocenters. The predicted molar refractivity (Wildman–Crippen MR) is 92.8 cm³/mol. The SMILES string of the molecule is O=C(CC1COCCN1)NCC(=O)Nc1cccc2ccccc12. The Hall–Kier alpha value is -2.44. The standard InChI is InChI=1S/C18H21N3O3/c22-17(10-14-12-24-9-8-19-14)20-11-18(23)21-16-7-3-5-13-4-1-2-6-15(13)16/h1-7,14,19H,8-12H2,(H,20,22)(H,21,23). The zero-order valence-corrected chi connectivity index (χ0v) is 13.4. The molecule has 1 fully saturated rings. The van der Waals surface area contributed by atoms with Crippen LogP contribution >= 0.6 is 0 Å². The van der Waals surface area contributed by atoms with E-state index in [0.29, 0.717) is 19.6 Å². The minimum atomic E-state index is -0.243. The van der Waals surface area contributed by atoms with Crippen LogP contribution in [0.1, 0.15) is 6.42 Å². The molecule has 0 spiro atoms. The normalized spacial score (nSPS) is 17.4. The number of carbonyl (C=O) groups excluding carboxylic acids is 2. The summed E-state index contributed by atoms with van der Waals surface area (Å²) in [4.78, 5) is 24.0. The highest BCUT2D eigenvalue weighted by atomic mass is 16.5. The van der Waals surface area contributed by atoms with Crippen molar-refractivity contribution in [1.29, 1.82) is 0 Å². The number of hydrogen-bond donors (Lipinski definition) is 3. The third-order valence-electron chi connectivity index (χ3n) is 3.94. The second-order valence-electron chi connectivity index (χ2n) is 5.78. The molecule has 1 saturated heterocycles. The van der Waals surface area contributed by atoms with E-state index in [1.165, 1.54) is 0 Å². The zero-order chi connectivity index (χ0) is 16.8. The fourth-order valence-corrected chi connectivity index (χ4v) is 2.75. The first kappa shape index (κ1) is 16.4. The van der Waals surface area contributed by atoms with Crippen molar-refractivity contribution >= 4 is 28.3 Å². The number of amides is 2. The summed E-state index contributed by atoms with van der Waals surface area (Å²) in [6, 6.07) is 13.6. The Labute approximate surface area is 140 Å². The van der Waals surface area contributed by atoms with Gasteiger partial charge in [0.1, 0.15) is 0 Å². The van der Waals surface area contributed by atoms with Gasteiger partial charge in [-0.25, -0.2) is 0 Å². The Morgan fingerprint density at radius 2 is 1.96 bits per heavy atom. The largest absolute Gasteiger partial charge is 0.378 e. The van der Waals surface area contributed by atoms with Gasteiger partial charge in [-0.1, -0.05) is 36.4 Å². The number of hydrogen-bond acceptors (Lipinski definition) is 4. The molecule has 2 amide bonds. The Bertz CT molecular complexity index is 721. The lowest BCUT2D eigenvalue weighted by Gasteiger charge is -2.23. The summed E-state index contributed by atoms with van der Waals surface area (Å²) < 4.78 is 5.31. The number of nitrogens with one attached hydrogen (secondary N) is 3. The lowest BCUT2D eigenvalue weighted by molar-refractivity contribution is -0.125. The highest BCUT2D eigenvalue weighted by Gasteiger charge is 2.17. The molecule has 3 rings (SSSR count). The molecule has 6 nitrogen and oxygen atoms in total. The molecule has 0 aliphatic carbocycles. The molecular formula is C18H21N3O3. The number of fused-ring (bicyclic) bond motifs is 1. The molecule has 1 aliphatic heterocycles. The molecule has 2 aromatic rings. The number of anilines is 1. The van der Waals surface area contributed by atoms with E-state index in [0.717, 1.165) is 23.0 Å². The number of morpholine rings is 1. The van der Waals surface area contributed by atoms with Crippen molar-refractivity contribution in [2.75, 3.05) is 31.6 Å². The third-order valence-corrected chi connectivity index (χ3v) is 3.94. The number of rotatable bonds is 5. The lowest BCUT2D eigenvalue weighted by Crippen LogP contribution is -2.45. The smallest absolute Gasteiger partial charge is 0.243 e. The van der Waals surface area contributed by atoms with Crippen LogP contribution in [0.5, 0.6) is 0 Å². The van der Waals surface area contributed by atoms with Crippen molar-refractivity contribution in [2.24, 2.45) is 0 Å². The molecule has 3 N–H and O–H groups in total. The van der Waals surface area contributed by atoms with Crippen molar-refractivity contribution in [3.8, 4) is 0 Å². The van der Waals surface area contributed by atoms with Crippen molar-refractivity contribution in [2.45, 2.75) is 12.5 Å². The summed E-state index contributed by atoms with van der Waals surface area (Å²) in [5.74, 6) is -0.404. The first-order valence-corrected chi connectivity index (χ1v) is 8.08. The molecular weight excluding hydrogens is 306 g/mol. The molecule has 1 aliphatic rings. The number of carbonyl (C=O) groups is 2. The summed E-state index contributed by atoms with van der Waals surface area (Å²) in [6.07, 6.45) is 0.307. The molecule has 0 bridgehead atoms. The minimum Gasteiger partial charge on any atom is -0.378 e. The van der Waals surface area contributed by atoms with Crippen LogP contribution in [0, 0.1) is 0 Å². The average Bonchev–Trinajstić information content (AvgIpc) is 2.61. The number of ether oxygens (including phenoxy) is 1. The van der Waals surface area contributed by atoms with Gasteiger partial charge >= 0.3 is 0 Å². The van der Waals surface area contributed by atoms with Crippen LogP contribution < -0.4 is 16.0 Å². The van der Waals surface area contributed by atoms with Crippen molar-refractivity contribution in [3.63, 3.8) is 0 Å². The maximum absolute atomic E-state index is 12.1. The van der Waals surface area contributed by atoms with E-state index in [1.54, 1.807) is 0 Å². The molecule has 0 radical (unpaired) electrons. The fraction of sp³-hybridized carbons (Fsp3) is 0.333. The molecule has 6 heteroatoms. The lowest BCUT2D eigenvalue weighted by atomic mass is 10.1. The predicted octanol–water partition coefficient (Wildman–Crippen LogP) is 1.27. The van der Waals surface area contributed by atoms with Gasteiger partial charge in [-0.3, -0.25) is 9.59 Å². The molecule has 1 heterocycles. The van der Waals surface area contributed by atoms with Crippen LogP contribution in [0.2, 0.25) is 0 Å². The highest BCUT2D eigenvalue weighted by Crippen LogP contribution is 2.22. The Balaban J connectivity index is 1.51. The summed E-state index contributed by atoms with van der Waals surface area (Å²) in [7, 11) is 0. The summed E-state index contributed by atoms with van der Waals surface area (Å²) >= 11 is 0. The van der Waals surface area contributed by atoms with Gasteiger partial charge in [0.2, 0.25) is 11.8 Å². The second kappa shape index (κ2) is 7.90. The van der Waals surface area contributed by atoms with E-state index in [1.807, 2.05) is 42.5 Å². The van der Waals surface area contributed by atoms with E-state index in [4.69, 9.17) is 4.74 Å². The third kappa shape index (κ3) is 4.31. The first-order valence-electron chi connectivity index (χ1n) is 8.08. The van der Waals surface area contributed by atoms with Gasteiger partial charge in [0.25, 0.3) is 0 Å². The molecule has 126 valence electrons. The Kier molecular flexibility index (Phi) is 5.40. The van der Waals surface area contributed by atoms with E-state index < -0.39 is 0 Å². The second-order valence-corrected chi connectivity index (χ2v) is 5.78. The Morgan fingerprint density at radius 1 is 1.12 bits per heavy atom. The molecule has 2 aromatic carbocycles. The fourth-order valence-electron chi connectivity index (χ4n) is 2.75. The van der Waals surface area contributed by atoms with Gasteiger partial charge in [-0.15, -0.1) is 0 Å². The molecule has 24 heavy (non-hydrogen) atoms. The van der Waals surface area contributed by atoms with Crippen LogP contribution in [-0.4, -0.2) is 44.2 Å². The van der Waals surface area contributed by atoms with Crippen LogP contribution in [0.4, 0.5) is 5.69 Å². The summed E-state index contributed by atoms with van der Waals surface area (Å²) in [5, 5.41) is 10.7. The van der Waals surface area contributed by atoms with Crippen LogP contribution in [0.25, 0.3) is 10.8 Å². The van der Waals surface area contributed by atoms with E-state index in [-0.39, 0.29) is 24.4 Å². The highest BCUT2D eigenvalue weighted by molar-refractivity contribution is 6.03. The average molecular weight is 327 g/mol. The van der Waals surface area contributed by atoms with Gasteiger partial charge in [0, 0.05) is 30.1 Å². The Morgan fingerprint density at radius 3 is 2.79 bits per heavy atom. The van der Waals surface area contributed by atoms with E-state index in [9.17, 15) is 9.59 Å². The van der Waals surface area contributed by atoms with Gasteiger partial charge < -0.3 is 20.7 Å². The quantitative estimate of drug-likeness (QED) is 0.773. The molecule has 1 atom stereocenters. The summed E-state index contributed by atoms with van der Waals surface area (Å²) in [6.45, 7) is 1.90. The first-order chi connectivity index (χ1) is 11.7. The van der Waals surface area contributed by atoms with Gasteiger partial charge in [-0.05, 0) is 11.5 Å². The van der Waals surface area contributed by atoms with E-state index >= 15 is 0 Å².